The van der Waals surface area contributed by atoms with Crippen molar-refractivity contribution in [1.82, 2.24) is 14.8 Å². The van der Waals surface area contributed by atoms with Crippen LogP contribution in [0.15, 0.2) is 84.1 Å². The molecule has 2 aromatic heterocycles. The fourth-order valence-corrected chi connectivity index (χ4v) is 3.38. The smallest absolute Gasteiger partial charge is 0.123 e. The molecule has 4 aromatic rings. The zero-order valence-electron chi connectivity index (χ0n) is 14.5. The van der Waals surface area contributed by atoms with Crippen molar-refractivity contribution in [1.29, 1.82) is 0 Å². The number of nitrogens with zero attached hydrogens (tertiary/aromatic N) is 3. The summed E-state index contributed by atoms with van der Waals surface area (Å²) < 4.78 is 26.7. The van der Waals surface area contributed by atoms with Crippen LogP contribution in [0, 0.1) is 5.82 Å². The zero-order chi connectivity index (χ0) is 18.8. The minimum Gasteiger partial charge on any atom is -0.265 e. The molecule has 0 aliphatic carbocycles. The van der Waals surface area contributed by atoms with E-state index < -0.39 is 10.8 Å². The van der Waals surface area contributed by atoms with Crippen molar-refractivity contribution in [2.45, 2.75) is 4.90 Å². The number of pyridine rings is 1. The summed E-state index contributed by atoms with van der Waals surface area (Å²) in [6, 6.07) is 17.5. The fraction of sp³-hybridized carbons (Fsp3) is 0.0476. The third kappa shape index (κ3) is 3.57. The van der Waals surface area contributed by atoms with Crippen LogP contribution in [0.3, 0.4) is 0 Å². The maximum absolute atomic E-state index is 13.3. The van der Waals surface area contributed by atoms with Gasteiger partial charge >= 0.3 is 0 Å². The number of hydrogen-bond donors (Lipinski definition) is 0. The van der Waals surface area contributed by atoms with E-state index in [1.807, 2.05) is 42.6 Å². The van der Waals surface area contributed by atoms with Crippen molar-refractivity contribution >= 4 is 10.8 Å². The molecule has 0 amide bonds. The van der Waals surface area contributed by atoms with Crippen LogP contribution in [0.2, 0.25) is 0 Å². The van der Waals surface area contributed by atoms with Crippen molar-refractivity contribution in [3.63, 3.8) is 0 Å². The van der Waals surface area contributed by atoms with Crippen molar-refractivity contribution in [3.05, 3.63) is 85.1 Å². The second-order valence-corrected chi connectivity index (χ2v) is 7.41. The monoisotopic (exact) mass is 377 g/mol. The maximum atomic E-state index is 13.3. The Hall–Kier alpha value is -3.12. The molecule has 6 heteroatoms. The van der Waals surface area contributed by atoms with Crippen molar-refractivity contribution < 1.29 is 8.60 Å². The first-order valence-corrected chi connectivity index (χ1v) is 9.87. The average molecular weight is 377 g/mol. The Morgan fingerprint density at radius 2 is 1.56 bits per heavy atom. The van der Waals surface area contributed by atoms with Crippen LogP contribution in [-0.4, -0.2) is 25.2 Å². The minimum absolute atomic E-state index is 0.285. The molecule has 2 heterocycles. The molecule has 4 nitrogen and oxygen atoms in total. The lowest BCUT2D eigenvalue weighted by Crippen LogP contribution is -1.96. The number of halogens is 1. The molecule has 0 bridgehead atoms. The van der Waals surface area contributed by atoms with Crippen LogP contribution in [0.1, 0.15) is 0 Å². The predicted molar refractivity (Wildman–Crippen MR) is 105 cm³/mol. The summed E-state index contributed by atoms with van der Waals surface area (Å²) in [5.41, 5.74) is 4.33. The lowest BCUT2D eigenvalue weighted by molar-refractivity contribution is 0.628. The first kappa shape index (κ1) is 17.3. The molecule has 0 aliphatic rings. The van der Waals surface area contributed by atoms with E-state index in [0.717, 1.165) is 33.0 Å². The Bertz CT molecular complexity index is 1090. The summed E-state index contributed by atoms with van der Waals surface area (Å²) in [5.74, 6) is -0.285. The predicted octanol–water partition coefficient (Wildman–Crippen LogP) is 4.48. The molecular formula is C21H16FN3OS. The van der Waals surface area contributed by atoms with Gasteiger partial charge < -0.3 is 0 Å². The number of aromatic nitrogens is 3. The van der Waals surface area contributed by atoms with Crippen LogP contribution in [0.25, 0.3) is 28.1 Å². The van der Waals surface area contributed by atoms with E-state index >= 15 is 0 Å². The Morgan fingerprint density at radius 3 is 2.19 bits per heavy atom. The Morgan fingerprint density at radius 1 is 0.889 bits per heavy atom. The zero-order valence-corrected chi connectivity index (χ0v) is 15.4. The topological polar surface area (TPSA) is 47.8 Å². The molecule has 1 atom stereocenters. The van der Waals surface area contributed by atoms with Gasteiger partial charge in [-0.25, -0.2) is 9.07 Å². The third-order valence-electron chi connectivity index (χ3n) is 4.26. The summed E-state index contributed by atoms with van der Waals surface area (Å²) in [5, 5.41) is 4.73. The van der Waals surface area contributed by atoms with E-state index in [2.05, 4.69) is 4.98 Å². The van der Waals surface area contributed by atoms with Gasteiger partial charge in [-0.2, -0.15) is 5.10 Å². The van der Waals surface area contributed by atoms with Gasteiger partial charge in [0.25, 0.3) is 0 Å². The fourth-order valence-electron chi connectivity index (χ4n) is 2.86. The Balaban J connectivity index is 1.84. The van der Waals surface area contributed by atoms with Crippen molar-refractivity contribution in [3.8, 4) is 28.1 Å². The van der Waals surface area contributed by atoms with Gasteiger partial charge in [0, 0.05) is 51.7 Å². The van der Waals surface area contributed by atoms with Crippen LogP contribution in [-0.2, 0) is 10.8 Å². The second-order valence-electron chi connectivity index (χ2n) is 6.03. The van der Waals surface area contributed by atoms with Gasteiger partial charge in [-0.1, -0.05) is 0 Å². The van der Waals surface area contributed by atoms with Gasteiger partial charge in [-0.05, 0) is 66.2 Å². The first-order chi connectivity index (χ1) is 13.1. The molecule has 1 unspecified atom stereocenters. The highest BCUT2D eigenvalue weighted by Crippen LogP contribution is 2.32. The highest BCUT2D eigenvalue weighted by Gasteiger charge is 2.14. The molecule has 0 radical (unpaired) electrons. The van der Waals surface area contributed by atoms with Gasteiger partial charge in [-0.3, -0.25) is 9.19 Å². The van der Waals surface area contributed by atoms with E-state index in [0.29, 0.717) is 0 Å². The molecule has 0 saturated heterocycles. The van der Waals surface area contributed by atoms with Gasteiger partial charge in [0.1, 0.15) is 11.5 Å². The van der Waals surface area contributed by atoms with Gasteiger partial charge in [0.15, 0.2) is 0 Å². The highest BCUT2D eigenvalue weighted by molar-refractivity contribution is 7.84. The molecule has 0 aliphatic heterocycles. The number of hydrogen-bond acceptors (Lipinski definition) is 3. The molecule has 134 valence electrons. The van der Waals surface area contributed by atoms with E-state index in [9.17, 15) is 8.60 Å². The average Bonchev–Trinajstić information content (AvgIpc) is 3.15. The van der Waals surface area contributed by atoms with Crippen LogP contribution in [0.4, 0.5) is 4.39 Å². The summed E-state index contributed by atoms with van der Waals surface area (Å²) in [7, 11) is -1.03. The first-order valence-electron chi connectivity index (χ1n) is 8.32. The Labute approximate surface area is 158 Å². The highest BCUT2D eigenvalue weighted by atomic mass is 32.2. The van der Waals surface area contributed by atoms with Crippen LogP contribution in [0.5, 0.6) is 0 Å². The molecule has 4 rings (SSSR count). The van der Waals surface area contributed by atoms with Gasteiger partial charge in [-0.15, -0.1) is 0 Å². The van der Waals surface area contributed by atoms with E-state index in [1.54, 1.807) is 35.5 Å². The number of benzene rings is 2. The summed E-state index contributed by atoms with van der Waals surface area (Å²) in [4.78, 5) is 4.83. The summed E-state index contributed by atoms with van der Waals surface area (Å²) in [6.07, 6.45) is 7.04. The van der Waals surface area contributed by atoms with Crippen molar-refractivity contribution in [2.24, 2.45) is 0 Å². The molecule has 0 saturated carbocycles. The molecule has 0 spiro atoms. The van der Waals surface area contributed by atoms with Crippen LogP contribution < -0.4 is 0 Å². The molecule has 0 fully saturated rings. The van der Waals surface area contributed by atoms with E-state index in [1.165, 1.54) is 12.1 Å². The lowest BCUT2D eigenvalue weighted by atomic mass is 10.0. The van der Waals surface area contributed by atoms with E-state index in [4.69, 9.17) is 5.10 Å². The lowest BCUT2D eigenvalue weighted by Gasteiger charge is -2.03. The number of rotatable bonds is 4. The minimum atomic E-state index is -1.03. The largest absolute Gasteiger partial charge is 0.265 e. The quantitative estimate of drug-likeness (QED) is 0.527. The normalized spacial score (nSPS) is 12.1. The SMILES string of the molecule is CS(=O)c1ccc(-n2cc(-c3ccncc3)c(-c3ccc(F)cc3)n2)cc1. The second kappa shape index (κ2) is 7.25. The maximum Gasteiger partial charge on any atom is 0.123 e. The molecule has 2 aromatic carbocycles. The van der Waals surface area contributed by atoms with Crippen molar-refractivity contribution in [2.75, 3.05) is 6.26 Å². The van der Waals surface area contributed by atoms with E-state index in [-0.39, 0.29) is 5.82 Å². The van der Waals surface area contributed by atoms with Crippen LogP contribution >= 0.6 is 0 Å². The summed E-state index contributed by atoms with van der Waals surface area (Å²) in [6.45, 7) is 0. The molecule has 0 N–H and O–H groups in total. The van der Waals surface area contributed by atoms with Gasteiger partial charge in [0.2, 0.25) is 0 Å². The Kier molecular flexibility index (Phi) is 4.64. The molecule has 27 heavy (non-hydrogen) atoms. The third-order valence-corrected chi connectivity index (χ3v) is 5.19. The molecular weight excluding hydrogens is 361 g/mol. The van der Waals surface area contributed by atoms with Gasteiger partial charge in [0.05, 0.1) is 5.69 Å². The summed E-state index contributed by atoms with van der Waals surface area (Å²) >= 11 is 0. The standard InChI is InChI=1S/C21H16FN3OS/c1-27(26)19-8-6-18(7-9-19)25-14-20(15-10-12-23-13-11-15)21(24-25)16-2-4-17(22)5-3-16/h2-14H,1H3.